The number of amides is 2. The number of rotatable bonds is 12. The topological polar surface area (TPSA) is 96.0 Å². The molecular formula is C25H33Cl2N3O5S. The van der Waals surface area contributed by atoms with E-state index in [9.17, 15) is 18.0 Å². The van der Waals surface area contributed by atoms with Crippen LogP contribution in [0.2, 0.25) is 10.0 Å². The van der Waals surface area contributed by atoms with Crippen LogP contribution in [0.5, 0.6) is 5.75 Å². The van der Waals surface area contributed by atoms with E-state index in [0.717, 1.165) is 6.26 Å². The van der Waals surface area contributed by atoms with E-state index in [1.54, 1.807) is 37.3 Å². The van der Waals surface area contributed by atoms with E-state index in [4.69, 9.17) is 27.9 Å². The van der Waals surface area contributed by atoms with Gasteiger partial charge in [0.15, 0.2) is 0 Å². The molecule has 0 aliphatic heterocycles. The summed E-state index contributed by atoms with van der Waals surface area (Å²) in [7, 11) is -2.17. The highest BCUT2D eigenvalue weighted by Gasteiger charge is 2.27. The zero-order valence-corrected chi connectivity index (χ0v) is 23.5. The van der Waals surface area contributed by atoms with E-state index in [1.807, 2.05) is 19.9 Å². The Hall–Kier alpha value is -2.49. The van der Waals surface area contributed by atoms with Crippen molar-refractivity contribution in [3.63, 3.8) is 0 Å². The smallest absolute Gasteiger partial charge is 0.242 e. The van der Waals surface area contributed by atoms with Crippen LogP contribution in [-0.4, -0.2) is 57.1 Å². The van der Waals surface area contributed by atoms with E-state index in [1.165, 1.54) is 22.4 Å². The Morgan fingerprint density at radius 2 is 1.72 bits per heavy atom. The van der Waals surface area contributed by atoms with Gasteiger partial charge in [-0.2, -0.15) is 0 Å². The molecule has 0 fully saturated rings. The number of methoxy groups -OCH3 is 1. The number of carbonyl (C=O) groups is 2. The summed E-state index contributed by atoms with van der Waals surface area (Å²) in [5, 5.41) is 3.60. The zero-order chi connectivity index (χ0) is 27.0. The number of sulfonamides is 1. The molecule has 0 aliphatic rings. The first-order valence-corrected chi connectivity index (χ1v) is 14.1. The maximum Gasteiger partial charge on any atom is 0.242 e. The number of halogens is 2. The molecular weight excluding hydrogens is 525 g/mol. The summed E-state index contributed by atoms with van der Waals surface area (Å²) in [6.07, 6.45) is 1.35. The minimum Gasteiger partial charge on any atom is -0.495 e. The molecule has 1 atom stereocenters. The number of hydrogen-bond donors (Lipinski definition) is 1. The molecule has 0 heterocycles. The molecule has 0 unspecified atom stereocenters. The van der Waals surface area contributed by atoms with Crippen LogP contribution < -0.4 is 14.4 Å². The predicted molar refractivity (Wildman–Crippen MR) is 144 cm³/mol. The molecule has 0 bridgehead atoms. The quantitative estimate of drug-likeness (QED) is 0.414. The van der Waals surface area contributed by atoms with Crippen molar-refractivity contribution < 1.29 is 22.7 Å². The van der Waals surface area contributed by atoms with Crippen LogP contribution in [0.3, 0.4) is 0 Å². The third-order valence-electron chi connectivity index (χ3n) is 5.47. The van der Waals surface area contributed by atoms with E-state index < -0.39 is 16.1 Å². The van der Waals surface area contributed by atoms with Gasteiger partial charge >= 0.3 is 0 Å². The van der Waals surface area contributed by atoms with Crippen LogP contribution in [0, 0.1) is 0 Å². The molecule has 11 heteroatoms. The van der Waals surface area contributed by atoms with Gasteiger partial charge in [0.2, 0.25) is 21.8 Å². The van der Waals surface area contributed by atoms with Gasteiger partial charge in [-0.3, -0.25) is 13.9 Å². The van der Waals surface area contributed by atoms with Gasteiger partial charge in [0, 0.05) is 30.6 Å². The lowest BCUT2D eigenvalue weighted by atomic mass is 10.1. The summed E-state index contributed by atoms with van der Waals surface area (Å²) in [6.45, 7) is 5.55. The number of nitrogens with zero attached hydrogens (tertiary/aromatic N) is 2. The van der Waals surface area contributed by atoms with Crippen LogP contribution in [0.1, 0.15) is 39.2 Å². The van der Waals surface area contributed by atoms with Gasteiger partial charge in [-0.25, -0.2) is 8.42 Å². The highest BCUT2D eigenvalue weighted by Crippen LogP contribution is 2.30. The standard InChI is InChI=1S/C25H33Cl2N3O5S/c1-17(2)28-25(32)18(3)29(16-19-9-6-7-10-21(19)26)24(31)11-8-14-30(36(5,33)34)20-12-13-23(35-4)22(27)15-20/h6-7,9-10,12-13,15,17-18H,8,11,14,16H2,1-5H3,(H,28,32)/t18-/m1/s1. The molecule has 0 aliphatic carbocycles. The van der Waals surface area contributed by atoms with Crippen molar-refractivity contribution in [1.29, 1.82) is 0 Å². The van der Waals surface area contributed by atoms with Crippen molar-refractivity contribution in [2.45, 2.75) is 52.2 Å². The zero-order valence-electron chi connectivity index (χ0n) is 21.1. The fourth-order valence-corrected chi connectivity index (χ4v) is 5.02. The minimum absolute atomic E-state index is 0.0274. The molecule has 36 heavy (non-hydrogen) atoms. The molecule has 1 N–H and O–H groups in total. The Morgan fingerprint density at radius 1 is 1.06 bits per heavy atom. The second-order valence-electron chi connectivity index (χ2n) is 8.71. The van der Waals surface area contributed by atoms with Crippen molar-refractivity contribution >= 4 is 50.7 Å². The van der Waals surface area contributed by atoms with Crippen LogP contribution in [0.25, 0.3) is 0 Å². The van der Waals surface area contributed by atoms with Gasteiger partial charge < -0.3 is 15.0 Å². The maximum absolute atomic E-state index is 13.3. The first kappa shape index (κ1) is 29.7. The largest absolute Gasteiger partial charge is 0.495 e. The molecule has 0 radical (unpaired) electrons. The van der Waals surface area contributed by atoms with E-state index in [-0.39, 0.29) is 48.8 Å². The molecule has 0 saturated heterocycles. The van der Waals surface area contributed by atoms with Crippen molar-refractivity contribution in [3.05, 3.63) is 58.1 Å². The normalized spacial score (nSPS) is 12.2. The lowest BCUT2D eigenvalue weighted by molar-refractivity contribution is -0.140. The number of nitrogens with one attached hydrogen (secondary N) is 1. The van der Waals surface area contributed by atoms with E-state index in [2.05, 4.69) is 5.32 Å². The van der Waals surface area contributed by atoms with Gasteiger partial charge in [-0.1, -0.05) is 41.4 Å². The molecule has 2 aromatic carbocycles. The lowest BCUT2D eigenvalue weighted by Gasteiger charge is -2.30. The van der Waals surface area contributed by atoms with Crippen molar-refractivity contribution in [1.82, 2.24) is 10.2 Å². The van der Waals surface area contributed by atoms with Crippen molar-refractivity contribution in [2.75, 3.05) is 24.2 Å². The Kier molecular flexibility index (Phi) is 10.9. The summed E-state index contributed by atoms with van der Waals surface area (Å²) in [6, 6.07) is 11.0. The van der Waals surface area contributed by atoms with Crippen LogP contribution in [0.15, 0.2) is 42.5 Å². The van der Waals surface area contributed by atoms with Crippen LogP contribution in [-0.2, 0) is 26.2 Å². The molecule has 0 saturated carbocycles. The fourth-order valence-electron chi connectivity index (χ4n) is 3.61. The Labute approximate surface area is 223 Å². The van der Waals surface area contributed by atoms with Gasteiger partial charge in [0.25, 0.3) is 0 Å². The molecule has 8 nitrogen and oxygen atoms in total. The Balaban J connectivity index is 2.20. The highest BCUT2D eigenvalue weighted by molar-refractivity contribution is 7.92. The van der Waals surface area contributed by atoms with Gasteiger partial charge in [0.05, 0.1) is 24.1 Å². The monoisotopic (exact) mass is 557 g/mol. The average Bonchev–Trinajstić information content (AvgIpc) is 2.79. The SMILES string of the molecule is COc1ccc(N(CCCC(=O)N(Cc2ccccc2Cl)[C@H](C)C(=O)NC(C)C)S(C)(=O)=O)cc1Cl. The summed E-state index contributed by atoms with van der Waals surface area (Å²) in [5.41, 5.74) is 1.08. The second-order valence-corrected chi connectivity index (χ2v) is 11.4. The molecule has 2 aromatic rings. The van der Waals surface area contributed by atoms with Crippen molar-refractivity contribution in [3.8, 4) is 5.75 Å². The van der Waals surface area contributed by atoms with E-state index in [0.29, 0.717) is 22.0 Å². The highest BCUT2D eigenvalue weighted by atomic mass is 35.5. The Bertz CT molecular complexity index is 1170. The molecule has 0 spiro atoms. The fraction of sp³-hybridized carbons (Fsp3) is 0.440. The van der Waals surface area contributed by atoms with Crippen molar-refractivity contribution in [2.24, 2.45) is 0 Å². The maximum atomic E-state index is 13.3. The van der Waals surface area contributed by atoms with Gasteiger partial charge in [0.1, 0.15) is 11.8 Å². The molecule has 2 amide bonds. The first-order chi connectivity index (χ1) is 16.8. The molecule has 0 aromatic heterocycles. The van der Waals surface area contributed by atoms with Crippen LogP contribution >= 0.6 is 23.2 Å². The number of ether oxygens (including phenoxy) is 1. The van der Waals surface area contributed by atoms with Gasteiger partial charge in [-0.15, -0.1) is 0 Å². The number of benzene rings is 2. The lowest BCUT2D eigenvalue weighted by Crippen LogP contribution is -2.49. The second kappa shape index (κ2) is 13.2. The third kappa shape index (κ3) is 8.28. The number of hydrogen-bond acceptors (Lipinski definition) is 5. The predicted octanol–water partition coefficient (Wildman–Crippen LogP) is 4.49. The number of carbonyl (C=O) groups excluding carboxylic acids is 2. The average molecular weight is 559 g/mol. The third-order valence-corrected chi connectivity index (χ3v) is 7.33. The summed E-state index contributed by atoms with van der Waals surface area (Å²) >= 11 is 12.5. The summed E-state index contributed by atoms with van der Waals surface area (Å²) in [4.78, 5) is 27.5. The van der Waals surface area contributed by atoms with Gasteiger partial charge in [-0.05, 0) is 57.0 Å². The van der Waals surface area contributed by atoms with Crippen LogP contribution in [0.4, 0.5) is 5.69 Å². The summed E-state index contributed by atoms with van der Waals surface area (Å²) < 4.78 is 31.3. The summed E-state index contributed by atoms with van der Waals surface area (Å²) in [5.74, 6) is -0.147. The van der Waals surface area contributed by atoms with E-state index >= 15 is 0 Å². The minimum atomic E-state index is -3.64. The number of anilines is 1. The molecule has 2 rings (SSSR count). The Morgan fingerprint density at radius 3 is 2.28 bits per heavy atom. The molecule has 198 valence electrons. The first-order valence-electron chi connectivity index (χ1n) is 11.5.